The molecule has 168 valence electrons. The van der Waals surface area contributed by atoms with E-state index < -0.39 is 23.8 Å². The summed E-state index contributed by atoms with van der Waals surface area (Å²) in [7, 11) is 0. The number of anilines is 2. The first kappa shape index (κ1) is 23.0. The van der Waals surface area contributed by atoms with Gasteiger partial charge in [-0.1, -0.05) is 36.4 Å². The van der Waals surface area contributed by atoms with Crippen LogP contribution in [-0.4, -0.2) is 36.6 Å². The number of hydrogen-bond donors (Lipinski definition) is 2. The maximum absolute atomic E-state index is 12.7. The zero-order valence-corrected chi connectivity index (χ0v) is 18.3. The molecular weight excluding hydrogens is 408 g/mol. The van der Waals surface area contributed by atoms with Crippen LogP contribution >= 0.6 is 0 Å². The summed E-state index contributed by atoms with van der Waals surface area (Å²) in [5.74, 6) is -2.08. The van der Waals surface area contributed by atoms with Crippen molar-refractivity contribution in [2.45, 2.75) is 26.7 Å². The van der Waals surface area contributed by atoms with E-state index in [9.17, 15) is 9.59 Å². The van der Waals surface area contributed by atoms with Gasteiger partial charge in [0.15, 0.2) is 0 Å². The Labute approximate surface area is 187 Å². The Balaban J connectivity index is 1.90. The third-order valence-electron chi connectivity index (χ3n) is 4.98. The van der Waals surface area contributed by atoms with Crippen LogP contribution in [0, 0.1) is 11.8 Å². The largest absolute Gasteiger partial charge is 0.465 e. The summed E-state index contributed by atoms with van der Waals surface area (Å²) in [5.41, 5.74) is 8.58. The number of hydrogen-bond acceptors (Lipinski definition) is 8. The molecule has 0 spiro atoms. The van der Waals surface area contributed by atoms with Crippen molar-refractivity contribution in [1.29, 1.82) is 0 Å². The maximum Gasteiger partial charge on any atom is 0.315 e. The third kappa shape index (κ3) is 6.16. The first-order valence-corrected chi connectivity index (χ1v) is 10.7. The fraction of sp³-hybridized carbons (Fsp3) is 0.333. The van der Waals surface area contributed by atoms with Gasteiger partial charge >= 0.3 is 11.9 Å². The molecule has 32 heavy (non-hydrogen) atoms. The third-order valence-corrected chi connectivity index (χ3v) is 4.98. The smallest absolute Gasteiger partial charge is 0.315 e. The number of esters is 2. The molecule has 2 aromatic rings. The summed E-state index contributed by atoms with van der Waals surface area (Å²) in [6.07, 6.45) is 0.412. The van der Waals surface area contributed by atoms with Crippen molar-refractivity contribution in [3.8, 4) is 0 Å². The highest BCUT2D eigenvalue weighted by atomic mass is 16.5. The lowest BCUT2D eigenvalue weighted by Crippen LogP contribution is -2.42. The number of nitrogens with one attached hydrogen (secondary N) is 2. The van der Waals surface area contributed by atoms with Crippen LogP contribution in [0.25, 0.3) is 0 Å². The molecule has 3 rings (SSSR count). The van der Waals surface area contributed by atoms with Gasteiger partial charge in [-0.05, 0) is 38.1 Å². The molecular formula is C24H28N4O4. The molecule has 1 aliphatic rings. The van der Waals surface area contributed by atoms with E-state index in [1.807, 2.05) is 60.7 Å². The predicted molar refractivity (Wildman–Crippen MR) is 124 cm³/mol. The van der Waals surface area contributed by atoms with Crippen LogP contribution < -0.4 is 10.9 Å². The van der Waals surface area contributed by atoms with Crippen molar-refractivity contribution in [3.63, 3.8) is 0 Å². The van der Waals surface area contributed by atoms with Gasteiger partial charge < -0.3 is 9.47 Å². The molecule has 0 heterocycles. The molecule has 0 amide bonds. The number of para-hydroxylation sites is 2. The van der Waals surface area contributed by atoms with E-state index in [0.717, 1.165) is 11.4 Å². The summed E-state index contributed by atoms with van der Waals surface area (Å²) in [4.78, 5) is 25.4. The van der Waals surface area contributed by atoms with Gasteiger partial charge in [-0.15, -0.1) is 0 Å². The maximum atomic E-state index is 12.7. The van der Waals surface area contributed by atoms with Crippen LogP contribution in [0.1, 0.15) is 26.7 Å². The molecule has 0 aromatic heterocycles. The lowest BCUT2D eigenvalue weighted by Gasteiger charge is -2.29. The molecule has 2 N–H and O–H groups in total. The van der Waals surface area contributed by atoms with Crippen molar-refractivity contribution >= 4 is 34.7 Å². The molecule has 8 heteroatoms. The first-order valence-electron chi connectivity index (χ1n) is 10.7. The average Bonchev–Trinajstić information content (AvgIpc) is 2.83. The second-order valence-electron chi connectivity index (χ2n) is 7.18. The summed E-state index contributed by atoms with van der Waals surface area (Å²) in [6, 6.07) is 18.8. The Morgan fingerprint density at radius 2 is 1.12 bits per heavy atom. The standard InChI is InChI=1S/C24H28N4O4/c1-3-31-23(29)19-15-22(28-26-18-13-9-6-10-14-18)20(24(30)32-4-2)16-21(19)27-25-17-11-7-5-8-12-17/h5-14,19-20,25-26H,3-4,15-16H2,1-2H3/b27-21-,28-22+/t19-,20+/m0/s1. The molecule has 8 nitrogen and oxygen atoms in total. The number of ether oxygens (including phenoxy) is 2. The highest BCUT2D eigenvalue weighted by Crippen LogP contribution is 2.28. The number of carbonyl (C=O) groups is 2. The zero-order valence-electron chi connectivity index (χ0n) is 18.3. The van der Waals surface area contributed by atoms with Crippen molar-refractivity contribution < 1.29 is 19.1 Å². The highest BCUT2D eigenvalue weighted by Gasteiger charge is 2.41. The number of nitrogens with zero attached hydrogens (tertiary/aromatic N) is 2. The second kappa shape index (κ2) is 11.6. The molecule has 2 aromatic carbocycles. The molecule has 1 saturated carbocycles. The number of rotatable bonds is 8. The normalized spacial score (nSPS) is 20.6. The molecule has 0 unspecified atom stereocenters. The molecule has 0 aliphatic heterocycles. The second-order valence-corrected chi connectivity index (χ2v) is 7.18. The van der Waals surface area contributed by atoms with E-state index in [0.29, 0.717) is 11.4 Å². The Kier molecular flexibility index (Phi) is 8.36. The summed E-state index contributed by atoms with van der Waals surface area (Å²) < 4.78 is 10.6. The molecule has 0 bridgehead atoms. The van der Waals surface area contributed by atoms with E-state index >= 15 is 0 Å². The Bertz CT molecular complexity index is 881. The van der Waals surface area contributed by atoms with Crippen LogP contribution in [0.5, 0.6) is 0 Å². The SMILES string of the molecule is CCOC(=O)[C@H]1C/C(=N\Nc2ccccc2)[C@H](C(=O)OCC)C/C1=N/Nc1ccccc1. The fourth-order valence-corrected chi connectivity index (χ4v) is 3.41. The molecule has 1 aliphatic carbocycles. The Morgan fingerprint density at radius 1 is 0.750 bits per heavy atom. The first-order chi connectivity index (χ1) is 15.6. The van der Waals surface area contributed by atoms with E-state index in [4.69, 9.17) is 9.47 Å². The van der Waals surface area contributed by atoms with Gasteiger partial charge in [0.05, 0.1) is 36.0 Å². The summed E-state index contributed by atoms with van der Waals surface area (Å²) in [6.45, 7) is 4.02. The topological polar surface area (TPSA) is 101 Å². The minimum Gasteiger partial charge on any atom is -0.465 e. The lowest BCUT2D eigenvalue weighted by atomic mass is 9.78. The Hall–Kier alpha value is -3.68. The number of benzene rings is 2. The van der Waals surface area contributed by atoms with E-state index in [2.05, 4.69) is 21.1 Å². The van der Waals surface area contributed by atoms with Gasteiger partial charge in [0.1, 0.15) is 11.8 Å². The summed E-state index contributed by atoms with van der Waals surface area (Å²) >= 11 is 0. The lowest BCUT2D eigenvalue weighted by molar-refractivity contribution is -0.148. The minimum absolute atomic E-state index is 0.206. The predicted octanol–water partition coefficient (Wildman–Crippen LogP) is 4.08. The number of carbonyl (C=O) groups excluding carboxylic acids is 2. The van der Waals surface area contributed by atoms with E-state index in [-0.39, 0.29) is 26.1 Å². The zero-order chi connectivity index (χ0) is 22.8. The molecule has 2 atom stereocenters. The van der Waals surface area contributed by atoms with Gasteiger partial charge in [-0.3, -0.25) is 20.4 Å². The van der Waals surface area contributed by atoms with Crippen LogP contribution in [0.2, 0.25) is 0 Å². The van der Waals surface area contributed by atoms with E-state index in [1.54, 1.807) is 13.8 Å². The van der Waals surface area contributed by atoms with Crippen molar-refractivity contribution in [2.75, 3.05) is 24.1 Å². The average molecular weight is 437 g/mol. The van der Waals surface area contributed by atoms with Gasteiger partial charge in [-0.2, -0.15) is 10.2 Å². The van der Waals surface area contributed by atoms with Crippen LogP contribution in [0.4, 0.5) is 11.4 Å². The number of hydrazone groups is 2. The molecule has 0 radical (unpaired) electrons. The van der Waals surface area contributed by atoms with Gasteiger partial charge in [0.2, 0.25) is 0 Å². The van der Waals surface area contributed by atoms with E-state index in [1.165, 1.54) is 0 Å². The van der Waals surface area contributed by atoms with Crippen LogP contribution in [0.15, 0.2) is 70.9 Å². The fourth-order valence-electron chi connectivity index (χ4n) is 3.41. The minimum atomic E-state index is -0.645. The van der Waals surface area contributed by atoms with Gasteiger partial charge in [-0.25, -0.2) is 0 Å². The monoisotopic (exact) mass is 436 g/mol. The van der Waals surface area contributed by atoms with Gasteiger partial charge in [0, 0.05) is 12.8 Å². The van der Waals surface area contributed by atoms with Crippen LogP contribution in [0.3, 0.4) is 0 Å². The van der Waals surface area contributed by atoms with Crippen molar-refractivity contribution in [2.24, 2.45) is 22.0 Å². The van der Waals surface area contributed by atoms with Crippen molar-refractivity contribution in [1.82, 2.24) is 0 Å². The molecule has 1 fully saturated rings. The quantitative estimate of drug-likeness (QED) is 0.478. The Morgan fingerprint density at radius 3 is 1.47 bits per heavy atom. The van der Waals surface area contributed by atoms with Crippen molar-refractivity contribution in [3.05, 3.63) is 60.7 Å². The van der Waals surface area contributed by atoms with Gasteiger partial charge in [0.25, 0.3) is 0 Å². The molecule has 0 saturated heterocycles. The highest BCUT2D eigenvalue weighted by molar-refractivity contribution is 6.16. The summed E-state index contributed by atoms with van der Waals surface area (Å²) in [5, 5.41) is 8.93. The van der Waals surface area contributed by atoms with Crippen LogP contribution in [-0.2, 0) is 19.1 Å².